The second-order valence-corrected chi connectivity index (χ2v) is 5.09. The van der Waals surface area contributed by atoms with Crippen molar-refractivity contribution in [3.63, 3.8) is 0 Å². The van der Waals surface area contributed by atoms with E-state index in [1.165, 1.54) is 18.7 Å². The van der Waals surface area contributed by atoms with E-state index in [1.54, 1.807) is 11.1 Å². The number of benzene rings is 1. The van der Waals surface area contributed by atoms with Gasteiger partial charge < -0.3 is 5.32 Å². The average molecular weight is 191 g/mol. The van der Waals surface area contributed by atoms with Gasteiger partial charge in [0.05, 0.1) is 0 Å². The van der Waals surface area contributed by atoms with Crippen molar-refractivity contribution < 1.29 is 0 Å². The summed E-state index contributed by atoms with van der Waals surface area (Å²) in [5, 5.41) is 4.41. The van der Waals surface area contributed by atoms with E-state index in [0.717, 1.165) is 5.25 Å². The molecule has 0 bridgehead atoms. The fourth-order valence-corrected chi connectivity index (χ4v) is 3.65. The van der Waals surface area contributed by atoms with Crippen LogP contribution in [0.4, 0.5) is 0 Å². The monoisotopic (exact) mass is 191 g/mol. The van der Waals surface area contributed by atoms with Gasteiger partial charge >= 0.3 is 0 Å². The molecule has 1 heterocycles. The molecule has 3 rings (SSSR count). The van der Waals surface area contributed by atoms with Crippen molar-refractivity contribution in [2.75, 3.05) is 12.3 Å². The minimum absolute atomic E-state index is 0.634. The van der Waals surface area contributed by atoms with Gasteiger partial charge in [0, 0.05) is 23.6 Å². The molecule has 2 heteroatoms. The van der Waals surface area contributed by atoms with Crippen LogP contribution in [0.5, 0.6) is 0 Å². The lowest BCUT2D eigenvalue weighted by molar-refractivity contribution is 0.546. The van der Waals surface area contributed by atoms with Gasteiger partial charge in [-0.1, -0.05) is 24.3 Å². The molecule has 1 N–H and O–H groups in total. The van der Waals surface area contributed by atoms with Crippen molar-refractivity contribution in [2.24, 2.45) is 0 Å². The first-order valence-electron chi connectivity index (χ1n) is 4.88. The Balaban J connectivity index is 2.01. The molecule has 1 aromatic carbocycles. The van der Waals surface area contributed by atoms with E-state index in [1.807, 2.05) is 0 Å². The Hall–Kier alpha value is -0.470. The molecule has 0 spiro atoms. The first-order valence-corrected chi connectivity index (χ1v) is 5.93. The smallest absolute Gasteiger partial charge is 0.0446 e. The van der Waals surface area contributed by atoms with Gasteiger partial charge in [-0.3, -0.25) is 0 Å². The van der Waals surface area contributed by atoms with Crippen LogP contribution in [0.3, 0.4) is 0 Å². The summed E-state index contributed by atoms with van der Waals surface area (Å²) in [5.41, 5.74) is 3.10. The molecule has 13 heavy (non-hydrogen) atoms. The lowest BCUT2D eigenvalue weighted by Gasteiger charge is -2.26. The van der Waals surface area contributed by atoms with Crippen LogP contribution in [0, 0.1) is 0 Å². The van der Waals surface area contributed by atoms with E-state index in [9.17, 15) is 0 Å². The summed E-state index contributed by atoms with van der Waals surface area (Å²) < 4.78 is 0. The van der Waals surface area contributed by atoms with E-state index >= 15 is 0 Å². The zero-order valence-electron chi connectivity index (χ0n) is 7.49. The van der Waals surface area contributed by atoms with Crippen LogP contribution in [0.2, 0.25) is 0 Å². The number of rotatable bonds is 0. The largest absolute Gasteiger partial charge is 0.308 e. The van der Waals surface area contributed by atoms with Crippen molar-refractivity contribution in [3.05, 3.63) is 35.4 Å². The summed E-state index contributed by atoms with van der Waals surface area (Å²) in [5.74, 6) is 1.27. The van der Waals surface area contributed by atoms with Gasteiger partial charge in [0.25, 0.3) is 0 Å². The van der Waals surface area contributed by atoms with Crippen LogP contribution in [0.15, 0.2) is 24.3 Å². The molecule has 2 unspecified atom stereocenters. The van der Waals surface area contributed by atoms with Crippen molar-refractivity contribution >= 4 is 11.8 Å². The average Bonchev–Trinajstić information content (AvgIpc) is 2.56. The van der Waals surface area contributed by atoms with Gasteiger partial charge in [-0.05, 0) is 17.5 Å². The van der Waals surface area contributed by atoms with Crippen LogP contribution in [-0.2, 0) is 6.42 Å². The van der Waals surface area contributed by atoms with Crippen molar-refractivity contribution in [2.45, 2.75) is 17.7 Å². The molecular formula is C11H13NS. The quantitative estimate of drug-likeness (QED) is 0.673. The van der Waals surface area contributed by atoms with Gasteiger partial charge in [-0.15, -0.1) is 0 Å². The first kappa shape index (κ1) is 7.89. The Morgan fingerprint density at radius 3 is 3.23 bits per heavy atom. The Morgan fingerprint density at radius 1 is 1.31 bits per heavy atom. The van der Waals surface area contributed by atoms with E-state index in [4.69, 9.17) is 0 Å². The van der Waals surface area contributed by atoms with Crippen molar-refractivity contribution in [1.29, 1.82) is 0 Å². The maximum absolute atomic E-state index is 3.62. The normalized spacial score (nSPS) is 31.1. The summed E-state index contributed by atoms with van der Waals surface area (Å²) in [6, 6.07) is 9.49. The number of nitrogens with one attached hydrogen (secondary N) is 1. The molecule has 1 saturated heterocycles. The maximum Gasteiger partial charge on any atom is 0.0446 e. The SMILES string of the molecule is c1ccc2c(c1)CC1SCCNC21. The summed E-state index contributed by atoms with van der Waals surface area (Å²) in [6.07, 6.45) is 1.26. The minimum Gasteiger partial charge on any atom is -0.308 e. The second-order valence-electron chi connectivity index (χ2n) is 3.74. The molecule has 1 aromatic rings. The van der Waals surface area contributed by atoms with Gasteiger partial charge in [0.2, 0.25) is 0 Å². The lowest BCUT2D eigenvalue weighted by Crippen LogP contribution is -2.34. The molecule has 0 amide bonds. The highest BCUT2D eigenvalue weighted by atomic mass is 32.2. The molecule has 0 aromatic heterocycles. The van der Waals surface area contributed by atoms with Crippen LogP contribution in [-0.4, -0.2) is 17.5 Å². The topological polar surface area (TPSA) is 12.0 Å². The predicted octanol–water partition coefficient (Wildman–Crippen LogP) is 1.99. The van der Waals surface area contributed by atoms with Gasteiger partial charge in [-0.25, -0.2) is 0 Å². The summed E-state index contributed by atoms with van der Waals surface area (Å²) in [4.78, 5) is 0. The van der Waals surface area contributed by atoms with Crippen LogP contribution < -0.4 is 5.32 Å². The molecule has 0 radical (unpaired) electrons. The molecule has 2 aliphatic rings. The van der Waals surface area contributed by atoms with Gasteiger partial charge in [0.1, 0.15) is 0 Å². The highest BCUT2D eigenvalue weighted by molar-refractivity contribution is 8.00. The van der Waals surface area contributed by atoms with E-state index in [-0.39, 0.29) is 0 Å². The number of hydrogen-bond acceptors (Lipinski definition) is 2. The Labute approximate surface area is 82.9 Å². The molecular weight excluding hydrogens is 178 g/mol. The number of fused-ring (bicyclic) bond motifs is 3. The van der Waals surface area contributed by atoms with E-state index in [0.29, 0.717) is 6.04 Å². The molecule has 68 valence electrons. The maximum atomic E-state index is 3.62. The molecule has 1 nitrogen and oxygen atoms in total. The molecule has 1 fully saturated rings. The van der Waals surface area contributed by atoms with Crippen molar-refractivity contribution in [3.8, 4) is 0 Å². The number of thioether (sulfide) groups is 1. The molecule has 1 aliphatic carbocycles. The Morgan fingerprint density at radius 2 is 2.23 bits per heavy atom. The minimum atomic E-state index is 0.634. The Bertz CT molecular complexity index is 324. The number of hydrogen-bond donors (Lipinski definition) is 1. The highest BCUT2D eigenvalue weighted by Gasteiger charge is 2.33. The fraction of sp³-hybridized carbons (Fsp3) is 0.455. The lowest BCUT2D eigenvalue weighted by atomic mass is 10.1. The van der Waals surface area contributed by atoms with Gasteiger partial charge in [0.15, 0.2) is 0 Å². The standard InChI is InChI=1S/C11H13NS/c1-2-4-9-8(3-1)7-10-11(9)12-5-6-13-10/h1-4,10-12H,5-7H2. The predicted molar refractivity (Wildman–Crippen MR) is 57.1 cm³/mol. The van der Waals surface area contributed by atoms with Crippen molar-refractivity contribution in [1.82, 2.24) is 5.32 Å². The van der Waals surface area contributed by atoms with E-state index in [2.05, 4.69) is 41.3 Å². The zero-order chi connectivity index (χ0) is 8.67. The first-order chi connectivity index (χ1) is 6.45. The summed E-state index contributed by atoms with van der Waals surface area (Å²) >= 11 is 2.13. The Kier molecular flexibility index (Phi) is 1.84. The van der Waals surface area contributed by atoms with E-state index < -0.39 is 0 Å². The third-order valence-corrected chi connectivity index (χ3v) is 4.29. The third kappa shape index (κ3) is 1.20. The molecule has 2 atom stereocenters. The third-order valence-electron chi connectivity index (χ3n) is 2.98. The molecule has 0 saturated carbocycles. The zero-order valence-corrected chi connectivity index (χ0v) is 8.31. The van der Waals surface area contributed by atoms with Crippen LogP contribution in [0.1, 0.15) is 17.2 Å². The highest BCUT2D eigenvalue weighted by Crippen LogP contribution is 2.40. The van der Waals surface area contributed by atoms with Crippen LogP contribution in [0.25, 0.3) is 0 Å². The molecule has 1 aliphatic heterocycles. The summed E-state index contributed by atoms with van der Waals surface area (Å²) in [7, 11) is 0. The fourth-order valence-electron chi connectivity index (χ4n) is 2.38. The van der Waals surface area contributed by atoms with Crippen LogP contribution >= 0.6 is 11.8 Å². The second kappa shape index (κ2) is 3.03. The van der Waals surface area contributed by atoms with Gasteiger partial charge in [-0.2, -0.15) is 11.8 Å². The summed E-state index contributed by atoms with van der Waals surface area (Å²) in [6.45, 7) is 1.17.